The largest absolute Gasteiger partial charge is 0.298 e. The third kappa shape index (κ3) is 2.60. The average Bonchev–Trinajstić information content (AvgIpc) is 2.65. The molecule has 0 aromatic heterocycles. The van der Waals surface area contributed by atoms with Gasteiger partial charge in [0.15, 0.2) is 0 Å². The van der Waals surface area contributed by atoms with E-state index in [1.165, 1.54) is 39.0 Å². The molecule has 0 spiro atoms. The molecule has 94 valence electrons. The predicted octanol–water partition coefficient (Wildman–Crippen LogP) is 2.45. The first kappa shape index (κ1) is 12.4. The van der Waals surface area contributed by atoms with E-state index < -0.39 is 0 Å². The van der Waals surface area contributed by atoms with E-state index in [0.29, 0.717) is 0 Å². The Hall–Kier alpha value is -0.0800. The fourth-order valence-corrected chi connectivity index (χ4v) is 3.08. The van der Waals surface area contributed by atoms with Crippen LogP contribution in [0.25, 0.3) is 0 Å². The lowest BCUT2D eigenvalue weighted by Crippen LogP contribution is -2.55. The molecule has 0 amide bonds. The molecule has 0 aromatic carbocycles. The zero-order valence-corrected chi connectivity index (χ0v) is 11.4. The smallest absolute Gasteiger partial charge is 0.0224 e. The quantitative estimate of drug-likeness (QED) is 0.726. The third-order valence-electron chi connectivity index (χ3n) is 4.73. The van der Waals surface area contributed by atoms with E-state index in [4.69, 9.17) is 0 Å². The first-order valence-corrected chi connectivity index (χ1v) is 7.06. The molecule has 2 aliphatic rings. The Morgan fingerprint density at radius 2 is 1.94 bits per heavy atom. The Balaban J connectivity index is 1.89. The number of nitrogens with zero attached hydrogens (tertiary/aromatic N) is 2. The lowest BCUT2D eigenvalue weighted by Gasteiger charge is -2.43. The molecule has 0 aromatic rings. The molecule has 2 heteroatoms. The Morgan fingerprint density at radius 1 is 1.19 bits per heavy atom. The number of fused-ring (bicyclic) bond motifs is 1. The maximum absolute atomic E-state index is 2.73. The van der Waals surface area contributed by atoms with Crippen LogP contribution >= 0.6 is 0 Å². The number of piperazine rings is 1. The van der Waals surface area contributed by atoms with Crippen molar-refractivity contribution in [3.63, 3.8) is 0 Å². The minimum absolute atomic E-state index is 0.760. The lowest BCUT2D eigenvalue weighted by atomic mass is 9.96. The van der Waals surface area contributed by atoms with Crippen molar-refractivity contribution < 1.29 is 0 Å². The van der Waals surface area contributed by atoms with Gasteiger partial charge in [0.05, 0.1) is 0 Å². The van der Waals surface area contributed by atoms with E-state index >= 15 is 0 Å². The maximum Gasteiger partial charge on any atom is 0.0224 e. The van der Waals surface area contributed by atoms with Gasteiger partial charge in [0.2, 0.25) is 0 Å². The Bertz CT molecular complexity index is 225. The molecule has 2 aliphatic heterocycles. The Kier molecular flexibility index (Phi) is 3.91. The van der Waals surface area contributed by atoms with Crippen molar-refractivity contribution in [3.8, 4) is 0 Å². The summed E-state index contributed by atoms with van der Waals surface area (Å²) in [7, 11) is 0. The highest BCUT2D eigenvalue weighted by Crippen LogP contribution is 2.25. The van der Waals surface area contributed by atoms with Crippen LogP contribution < -0.4 is 0 Å². The second-order valence-corrected chi connectivity index (χ2v) is 6.32. The van der Waals surface area contributed by atoms with Crippen LogP contribution in [0.15, 0.2) is 0 Å². The molecule has 2 rings (SSSR count). The molecule has 2 nitrogen and oxygen atoms in total. The van der Waals surface area contributed by atoms with Crippen molar-refractivity contribution in [2.45, 2.75) is 52.6 Å². The summed E-state index contributed by atoms with van der Waals surface area (Å²) in [5.41, 5.74) is 0. The van der Waals surface area contributed by atoms with Gasteiger partial charge < -0.3 is 0 Å². The topological polar surface area (TPSA) is 6.48 Å². The molecule has 16 heavy (non-hydrogen) atoms. The molecular weight excluding hydrogens is 196 g/mol. The van der Waals surface area contributed by atoms with Crippen LogP contribution in [-0.2, 0) is 0 Å². The van der Waals surface area contributed by atoms with E-state index in [9.17, 15) is 0 Å². The standard InChI is InChI=1S/C14H28N2/c1-11(2)12(3)8-16-10-14-6-5-7-15(14)9-13(16)4/h11-14H,5-10H2,1-4H3. The van der Waals surface area contributed by atoms with E-state index in [1.807, 2.05) is 0 Å². The second-order valence-electron chi connectivity index (χ2n) is 6.32. The molecule has 0 saturated carbocycles. The van der Waals surface area contributed by atoms with Crippen LogP contribution in [0.4, 0.5) is 0 Å². The average molecular weight is 224 g/mol. The molecule has 0 bridgehead atoms. The Labute approximate surface area is 101 Å². The van der Waals surface area contributed by atoms with Gasteiger partial charge in [-0.25, -0.2) is 0 Å². The monoisotopic (exact) mass is 224 g/mol. The van der Waals surface area contributed by atoms with E-state index in [1.54, 1.807) is 0 Å². The summed E-state index contributed by atoms with van der Waals surface area (Å²) in [6, 6.07) is 1.63. The summed E-state index contributed by atoms with van der Waals surface area (Å²) in [4.78, 5) is 5.44. The summed E-state index contributed by atoms with van der Waals surface area (Å²) >= 11 is 0. The van der Waals surface area contributed by atoms with Crippen molar-refractivity contribution in [2.24, 2.45) is 11.8 Å². The summed E-state index contributed by atoms with van der Waals surface area (Å²) in [5.74, 6) is 1.64. The SMILES string of the molecule is CC(C)C(C)CN1CC2CCCN2CC1C. The number of rotatable bonds is 3. The van der Waals surface area contributed by atoms with Gasteiger partial charge >= 0.3 is 0 Å². The van der Waals surface area contributed by atoms with Gasteiger partial charge in [-0.1, -0.05) is 20.8 Å². The lowest BCUT2D eigenvalue weighted by molar-refractivity contribution is 0.0449. The zero-order valence-electron chi connectivity index (χ0n) is 11.4. The molecule has 0 N–H and O–H groups in total. The molecular formula is C14H28N2. The van der Waals surface area contributed by atoms with Crippen LogP contribution in [0.2, 0.25) is 0 Å². The number of hydrogen-bond acceptors (Lipinski definition) is 2. The van der Waals surface area contributed by atoms with Crippen molar-refractivity contribution in [2.75, 3.05) is 26.2 Å². The second kappa shape index (κ2) is 5.05. The van der Waals surface area contributed by atoms with Crippen molar-refractivity contribution in [3.05, 3.63) is 0 Å². The molecule has 2 heterocycles. The first-order chi connectivity index (χ1) is 7.58. The summed E-state index contributed by atoms with van der Waals surface area (Å²) < 4.78 is 0. The molecule has 0 aliphatic carbocycles. The van der Waals surface area contributed by atoms with Crippen LogP contribution in [-0.4, -0.2) is 48.1 Å². The highest BCUT2D eigenvalue weighted by molar-refractivity contribution is 4.91. The van der Waals surface area contributed by atoms with E-state index in [0.717, 1.165) is 23.9 Å². The highest BCUT2D eigenvalue weighted by Gasteiger charge is 2.34. The van der Waals surface area contributed by atoms with Crippen LogP contribution in [0.5, 0.6) is 0 Å². The van der Waals surface area contributed by atoms with Gasteiger partial charge in [0.1, 0.15) is 0 Å². The van der Waals surface area contributed by atoms with Gasteiger partial charge in [-0.2, -0.15) is 0 Å². The van der Waals surface area contributed by atoms with Crippen molar-refractivity contribution in [1.82, 2.24) is 9.80 Å². The van der Waals surface area contributed by atoms with E-state index in [-0.39, 0.29) is 0 Å². The highest BCUT2D eigenvalue weighted by atomic mass is 15.3. The molecule has 2 saturated heterocycles. The van der Waals surface area contributed by atoms with Gasteiger partial charge in [-0.15, -0.1) is 0 Å². The molecule has 2 fully saturated rings. The fourth-order valence-electron chi connectivity index (χ4n) is 3.08. The zero-order chi connectivity index (χ0) is 11.7. The molecule has 0 radical (unpaired) electrons. The normalized spacial score (nSPS) is 34.3. The summed E-state index contributed by atoms with van der Waals surface area (Å²) in [6.45, 7) is 14.8. The summed E-state index contributed by atoms with van der Waals surface area (Å²) in [5, 5.41) is 0. The van der Waals surface area contributed by atoms with Crippen LogP contribution in [0.3, 0.4) is 0 Å². The van der Waals surface area contributed by atoms with Crippen molar-refractivity contribution in [1.29, 1.82) is 0 Å². The molecule has 3 unspecified atom stereocenters. The van der Waals surface area contributed by atoms with E-state index in [2.05, 4.69) is 37.5 Å². The maximum atomic E-state index is 2.73. The molecule has 3 atom stereocenters. The van der Waals surface area contributed by atoms with Crippen LogP contribution in [0.1, 0.15) is 40.5 Å². The first-order valence-electron chi connectivity index (χ1n) is 7.06. The van der Waals surface area contributed by atoms with Crippen molar-refractivity contribution >= 4 is 0 Å². The van der Waals surface area contributed by atoms with Gasteiger partial charge in [0, 0.05) is 31.7 Å². The summed E-state index contributed by atoms with van der Waals surface area (Å²) in [6.07, 6.45) is 2.85. The predicted molar refractivity (Wildman–Crippen MR) is 69.6 cm³/mol. The minimum Gasteiger partial charge on any atom is -0.298 e. The van der Waals surface area contributed by atoms with Gasteiger partial charge in [-0.05, 0) is 38.1 Å². The Morgan fingerprint density at radius 3 is 2.62 bits per heavy atom. The fraction of sp³-hybridized carbons (Fsp3) is 1.00. The van der Waals surface area contributed by atoms with Gasteiger partial charge in [0.25, 0.3) is 0 Å². The number of hydrogen-bond donors (Lipinski definition) is 0. The van der Waals surface area contributed by atoms with Gasteiger partial charge in [-0.3, -0.25) is 9.80 Å². The minimum atomic E-state index is 0.760. The van der Waals surface area contributed by atoms with Crippen LogP contribution in [0, 0.1) is 11.8 Å². The third-order valence-corrected chi connectivity index (χ3v) is 4.73.